The Morgan fingerprint density at radius 3 is 1.19 bits per heavy atom. The van der Waals surface area contributed by atoms with Gasteiger partial charge in [-0.25, -0.2) is 0 Å². The molecule has 0 aromatic heterocycles. The molecule has 5 heteroatoms. The average Bonchev–Trinajstić information content (AvgIpc) is 3.18. The molecule has 2 unspecified atom stereocenters. The van der Waals surface area contributed by atoms with E-state index in [1.165, 1.54) is 89.9 Å². The van der Waals surface area contributed by atoms with Crippen LogP contribution in [-0.2, 0) is 14.3 Å². The summed E-state index contributed by atoms with van der Waals surface area (Å²) < 4.78 is 6.43. The summed E-state index contributed by atoms with van der Waals surface area (Å²) in [5.74, 6) is -0.644. The van der Waals surface area contributed by atoms with Crippen LogP contribution in [0.15, 0.2) is 24.3 Å². The van der Waals surface area contributed by atoms with Crippen molar-refractivity contribution in [2.75, 3.05) is 13.2 Å². The minimum atomic E-state index is -2.22. The Labute approximate surface area is 336 Å². The number of rotatable bonds is 43. The molecule has 0 radical (unpaired) electrons. The van der Waals surface area contributed by atoms with Crippen LogP contribution < -0.4 is 0 Å². The maximum atomic E-state index is 14.2. The summed E-state index contributed by atoms with van der Waals surface area (Å²) in [5.41, 5.74) is -3.91. The summed E-state index contributed by atoms with van der Waals surface area (Å²) in [6.07, 6.45) is 45.8. The van der Waals surface area contributed by atoms with Crippen molar-refractivity contribution in [2.24, 2.45) is 0 Å². The molecule has 0 saturated heterocycles. The van der Waals surface area contributed by atoms with Crippen LogP contribution >= 0.6 is 0 Å². The summed E-state index contributed by atoms with van der Waals surface area (Å²) in [5, 5.41) is 22.8. The van der Waals surface area contributed by atoms with Crippen LogP contribution in [0, 0.1) is 0 Å². The Balaban J connectivity index is 5.00. The number of aliphatic hydroxyl groups excluding tert-OH is 1. The van der Waals surface area contributed by atoms with E-state index in [4.69, 9.17) is 4.74 Å². The predicted octanol–water partition coefficient (Wildman–Crippen LogP) is 14.4. The number of carbonyl (C=O) groups excluding carboxylic acids is 2. The number of ketones is 2. The molecule has 0 aliphatic heterocycles. The molecule has 0 aromatic rings. The Hall–Kier alpha value is -1.30. The summed E-state index contributed by atoms with van der Waals surface area (Å²) in [6, 6.07) is 0. The van der Waals surface area contributed by atoms with Gasteiger partial charge < -0.3 is 14.9 Å². The lowest BCUT2D eigenvalue weighted by molar-refractivity contribution is -0.207. The number of ether oxygens (including phenoxy) is 1. The number of Topliss-reactive ketones (excluding diaryl/α,β-unsaturated/α-hetero) is 2. The molecular weight excluding hydrogens is 669 g/mol. The molecule has 0 aromatic carbocycles. The van der Waals surface area contributed by atoms with Gasteiger partial charge in [-0.2, -0.15) is 0 Å². The van der Waals surface area contributed by atoms with Gasteiger partial charge in [0.2, 0.25) is 0 Å². The zero-order valence-corrected chi connectivity index (χ0v) is 36.6. The molecule has 2 N–H and O–H groups in total. The zero-order valence-electron chi connectivity index (χ0n) is 36.6. The van der Waals surface area contributed by atoms with Crippen molar-refractivity contribution in [2.45, 2.75) is 264 Å². The quantitative estimate of drug-likeness (QED) is 0.0478. The Morgan fingerprint density at radius 2 is 0.778 bits per heavy atom. The van der Waals surface area contributed by atoms with Gasteiger partial charge in [0.25, 0.3) is 0 Å². The summed E-state index contributed by atoms with van der Waals surface area (Å²) in [6.45, 7) is 8.27. The monoisotopic (exact) mass is 761 g/mol. The lowest BCUT2D eigenvalue weighted by Gasteiger charge is -2.44. The molecular formula is C49H92O5. The first-order chi connectivity index (χ1) is 26.4. The van der Waals surface area contributed by atoms with E-state index in [0.29, 0.717) is 25.9 Å². The SMILES string of the molecule is CCCCCCCCC=CCCCCCCCC(=O)C(O)(CO)C(CCCCC)(OCCCCC)C(=O)CCCCCCCC=CCCCCCCCC. The van der Waals surface area contributed by atoms with E-state index >= 15 is 0 Å². The van der Waals surface area contributed by atoms with Gasteiger partial charge in [0, 0.05) is 19.4 Å². The Kier molecular flexibility index (Phi) is 37.6. The predicted molar refractivity (Wildman–Crippen MR) is 233 cm³/mol. The van der Waals surface area contributed by atoms with Gasteiger partial charge in [0.05, 0.1) is 6.61 Å². The van der Waals surface area contributed by atoms with Crippen LogP contribution in [-0.4, -0.2) is 46.2 Å². The number of allylic oxidation sites excluding steroid dienone is 4. The molecule has 0 bridgehead atoms. The van der Waals surface area contributed by atoms with Gasteiger partial charge in [0.15, 0.2) is 22.8 Å². The smallest absolute Gasteiger partial charge is 0.182 e. The van der Waals surface area contributed by atoms with Crippen molar-refractivity contribution in [1.29, 1.82) is 0 Å². The maximum absolute atomic E-state index is 14.2. The highest BCUT2D eigenvalue weighted by atomic mass is 16.5. The second-order valence-corrected chi connectivity index (χ2v) is 16.4. The van der Waals surface area contributed by atoms with Gasteiger partial charge in [-0.05, 0) is 83.5 Å². The van der Waals surface area contributed by atoms with E-state index in [2.05, 4.69) is 52.0 Å². The fraction of sp³-hybridized carbons (Fsp3) is 0.878. The molecule has 0 aliphatic rings. The van der Waals surface area contributed by atoms with Gasteiger partial charge >= 0.3 is 0 Å². The molecule has 0 amide bonds. The van der Waals surface area contributed by atoms with Crippen LogP contribution in [0.25, 0.3) is 0 Å². The molecule has 5 nitrogen and oxygen atoms in total. The van der Waals surface area contributed by atoms with E-state index in [1.807, 2.05) is 0 Å². The van der Waals surface area contributed by atoms with Gasteiger partial charge in [-0.1, -0.05) is 180 Å². The lowest BCUT2D eigenvalue weighted by Crippen LogP contribution is -2.67. The standard InChI is InChI=1S/C49H92O5/c1-5-9-13-15-17-19-21-23-25-27-29-31-33-35-37-41-46(51)48(53,45-50)49(43-39-11-7-3,54-44-40-12-8-4)47(52)42-38-36-34-32-30-28-26-24-22-20-18-16-14-10-6-2/h23-26,50,53H,5-22,27-45H2,1-4H3. The third-order valence-corrected chi connectivity index (χ3v) is 11.4. The third-order valence-electron chi connectivity index (χ3n) is 11.4. The number of hydrogen-bond donors (Lipinski definition) is 2. The average molecular weight is 761 g/mol. The molecule has 2 atom stereocenters. The van der Waals surface area contributed by atoms with Crippen molar-refractivity contribution in [3.8, 4) is 0 Å². The van der Waals surface area contributed by atoms with Crippen molar-refractivity contribution in [1.82, 2.24) is 0 Å². The highest BCUT2D eigenvalue weighted by Crippen LogP contribution is 2.37. The van der Waals surface area contributed by atoms with Gasteiger partial charge in [0.1, 0.15) is 0 Å². The molecule has 0 saturated carbocycles. The number of hydrogen-bond acceptors (Lipinski definition) is 5. The van der Waals surface area contributed by atoms with Crippen molar-refractivity contribution in [3.63, 3.8) is 0 Å². The van der Waals surface area contributed by atoms with Crippen LogP contribution in [0.2, 0.25) is 0 Å². The molecule has 318 valence electrons. The van der Waals surface area contributed by atoms with Crippen LogP contribution in [0.4, 0.5) is 0 Å². The number of unbranched alkanes of at least 4 members (excludes halogenated alkanes) is 26. The second kappa shape index (κ2) is 38.6. The first kappa shape index (κ1) is 52.7. The van der Waals surface area contributed by atoms with E-state index in [0.717, 1.165) is 96.3 Å². The topological polar surface area (TPSA) is 83.8 Å². The largest absolute Gasteiger partial charge is 0.393 e. The molecule has 54 heavy (non-hydrogen) atoms. The Morgan fingerprint density at radius 1 is 0.444 bits per heavy atom. The summed E-state index contributed by atoms with van der Waals surface area (Å²) in [4.78, 5) is 28.1. The van der Waals surface area contributed by atoms with Crippen molar-refractivity contribution >= 4 is 11.6 Å². The zero-order chi connectivity index (χ0) is 39.9. The van der Waals surface area contributed by atoms with E-state index in [9.17, 15) is 19.8 Å². The Bertz CT molecular complexity index is 897. The van der Waals surface area contributed by atoms with Crippen LogP contribution in [0.3, 0.4) is 0 Å². The minimum Gasteiger partial charge on any atom is -0.393 e. The normalized spacial score (nSPS) is 14.3. The molecule has 0 fully saturated rings. The summed E-state index contributed by atoms with van der Waals surface area (Å²) in [7, 11) is 0. The lowest BCUT2D eigenvalue weighted by atomic mass is 9.71. The van der Waals surface area contributed by atoms with E-state index < -0.39 is 23.6 Å². The summed E-state index contributed by atoms with van der Waals surface area (Å²) >= 11 is 0. The first-order valence-corrected chi connectivity index (χ1v) is 23.7. The van der Waals surface area contributed by atoms with Crippen LogP contribution in [0.1, 0.15) is 252 Å². The second-order valence-electron chi connectivity index (χ2n) is 16.4. The fourth-order valence-corrected chi connectivity index (χ4v) is 7.63. The molecule has 0 heterocycles. The molecule has 0 aliphatic carbocycles. The van der Waals surface area contributed by atoms with Crippen LogP contribution in [0.5, 0.6) is 0 Å². The van der Waals surface area contributed by atoms with Gasteiger partial charge in [-0.15, -0.1) is 0 Å². The molecule has 0 spiro atoms. The van der Waals surface area contributed by atoms with E-state index in [-0.39, 0.29) is 25.0 Å². The van der Waals surface area contributed by atoms with E-state index in [1.54, 1.807) is 0 Å². The third kappa shape index (κ3) is 25.8. The number of carbonyl (C=O) groups is 2. The number of aliphatic hydroxyl groups is 2. The fourth-order valence-electron chi connectivity index (χ4n) is 7.63. The molecule has 0 rings (SSSR count). The van der Waals surface area contributed by atoms with Crippen molar-refractivity contribution < 1.29 is 24.5 Å². The first-order valence-electron chi connectivity index (χ1n) is 23.7. The minimum absolute atomic E-state index is 0.156. The highest BCUT2D eigenvalue weighted by Gasteiger charge is 2.59. The maximum Gasteiger partial charge on any atom is 0.182 e. The van der Waals surface area contributed by atoms with Gasteiger partial charge in [-0.3, -0.25) is 9.59 Å². The van der Waals surface area contributed by atoms with Crippen molar-refractivity contribution in [3.05, 3.63) is 24.3 Å². The highest BCUT2D eigenvalue weighted by molar-refractivity contribution is 5.99.